The van der Waals surface area contributed by atoms with Gasteiger partial charge in [0.1, 0.15) is 11.5 Å². The Labute approximate surface area is 113 Å². The highest BCUT2D eigenvalue weighted by molar-refractivity contribution is 5.92. The van der Waals surface area contributed by atoms with Crippen molar-refractivity contribution in [1.82, 2.24) is 19.4 Å². The van der Waals surface area contributed by atoms with Gasteiger partial charge in [-0.25, -0.2) is 4.98 Å². The molecule has 0 aliphatic rings. The summed E-state index contributed by atoms with van der Waals surface area (Å²) in [6.45, 7) is 4.15. The summed E-state index contributed by atoms with van der Waals surface area (Å²) in [6.07, 6.45) is 5.50. The molecule has 0 spiro atoms. The predicted octanol–water partition coefficient (Wildman–Crippen LogP) is 1.89. The number of hydrogen-bond acceptors (Lipinski definition) is 2. The van der Waals surface area contributed by atoms with Gasteiger partial charge in [-0.1, -0.05) is 13.8 Å². The van der Waals surface area contributed by atoms with Crippen LogP contribution in [-0.2, 0) is 14.1 Å². The minimum atomic E-state index is -0.0950. The summed E-state index contributed by atoms with van der Waals surface area (Å²) in [6, 6.07) is 3.58. The van der Waals surface area contributed by atoms with Crippen molar-refractivity contribution in [2.75, 3.05) is 0 Å². The highest BCUT2D eigenvalue weighted by Crippen LogP contribution is 2.20. The molecule has 2 aromatic heterocycles. The van der Waals surface area contributed by atoms with E-state index in [0.717, 1.165) is 5.82 Å². The third-order valence-corrected chi connectivity index (χ3v) is 3.27. The second-order valence-corrected chi connectivity index (χ2v) is 5.10. The Bertz CT molecular complexity index is 568. The second kappa shape index (κ2) is 5.30. The molecule has 19 heavy (non-hydrogen) atoms. The van der Waals surface area contributed by atoms with Gasteiger partial charge in [0.2, 0.25) is 0 Å². The monoisotopic (exact) mass is 260 g/mol. The molecule has 0 saturated heterocycles. The Morgan fingerprint density at radius 2 is 2.00 bits per heavy atom. The molecule has 5 nitrogen and oxygen atoms in total. The van der Waals surface area contributed by atoms with Crippen molar-refractivity contribution < 1.29 is 4.79 Å². The van der Waals surface area contributed by atoms with Gasteiger partial charge < -0.3 is 14.5 Å². The van der Waals surface area contributed by atoms with Gasteiger partial charge in [-0.3, -0.25) is 4.79 Å². The molecule has 0 saturated carbocycles. The van der Waals surface area contributed by atoms with Crippen LogP contribution in [0.4, 0.5) is 0 Å². The van der Waals surface area contributed by atoms with E-state index in [9.17, 15) is 4.79 Å². The van der Waals surface area contributed by atoms with Crippen LogP contribution < -0.4 is 5.32 Å². The molecule has 2 rings (SSSR count). The van der Waals surface area contributed by atoms with Crippen molar-refractivity contribution >= 4 is 5.91 Å². The third kappa shape index (κ3) is 2.70. The van der Waals surface area contributed by atoms with E-state index in [4.69, 9.17) is 0 Å². The Kier molecular flexibility index (Phi) is 3.74. The van der Waals surface area contributed by atoms with Crippen molar-refractivity contribution in [2.45, 2.75) is 19.9 Å². The maximum atomic E-state index is 12.3. The summed E-state index contributed by atoms with van der Waals surface area (Å²) in [5, 5.41) is 3.06. The van der Waals surface area contributed by atoms with Gasteiger partial charge in [-0.05, 0) is 18.1 Å². The fourth-order valence-corrected chi connectivity index (χ4v) is 2.12. The van der Waals surface area contributed by atoms with Crippen LogP contribution in [0.15, 0.2) is 30.7 Å². The van der Waals surface area contributed by atoms with Gasteiger partial charge in [-0.15, -0.1) is 0 Å². The van der Waals surface area contributed by atoms with E-state index >= 15 is 0 Å². The zero-order valence-corrected chi connectivity index (χ0v) is 11.8. The van der Waals surface area contributed by atoms with E-state index < -0.39 is 0 Å². The first-order valence-electron chi connectivity index (χ1n) is 6.40. The smallest absolute Gasteiger partial charge is 0.268 e. The van der Waals surface area contributed by atoms with Gasteiger partial charge in [0.15, 0.2) is 0 Å². The van der Waals surface area contributed by atoms with Crippen molar-refractivity contribution in [1.29, 1.82) is 0 Å². The van der Waals surface area contributed by atoms with Crippen LogP contribution >= 0.6 is 0 Å². The van der Waals surface area contributed by atoms with Crippen LogP contribution in [0, 0.1) is 5.92 Å². The lowest BCUT2D eigenvalue weighted by atomic mass is 10.0. The summed E-state index contributed by atoms with van der Waals surface area (Å²) < 4.78 is 3.75. The van der Waals surface area contributed by atoms with E-state index in [0.29, 0.717) is 5.69 Å². The maximum absolute atomic E-state index is 12.3. The quantitative estimate of drug-likeness (QED) is 0.912. The topological polar surface area (TPSA) is 51.9 Å². The zero-order chi connectivity index (χ0) is 14.0. The van der Waals surface area contributed by atoms with Crippen LogP contribution in [0.1, 0.15) is 36.2 Å². The molecule has 102 valence electrons. The largest absolute Gasteiger partial charge is 0.347 e. The third-order valence-electron chi connectivity index (χ3n) is 3.27. The van der Waals surface area contributed by atoms with Crippen LogP contribution in [0.5, 0.6) is 0 Å². The minimum absolute atomic E-state index is 0.0748. The maximum Gasteiger partial charge on any atom is 0.268 e. The summed E-state index contributed by atoms with van der Waals surface area (Å²) in [4.78, 5) is 16.6. The number of aromatic nitrogens is 3. The van der Waals surface area contributed by atoms with E-state index in [1.165, 1.54) is 0 Å². The molecule has 1 amide bonds. The van der Waals surface area contributed by atoms with Crippen LogP contribution in [0.2, 0.25) is 0 Å². The molecule has 0 unspecified atom stereocenters. The highest BCUT2D eigenvalue weighted by atomic mass is 16.2. The SMILES string of the molecule is CC(C)[C@@H](NC(=O)c1cccn1C)c1nccn1C. The number of rotatable bonds is 4. The van der Waals surface area contributed by atoms with E-state index in [1.807, 2.05) is 47.8 Å². The second-order valence-electron chi connectivity index (χ2n) is 5.10. The molecule has 0 radical (unpaired) electrons. The predicted molar refractivity (Wildman–Crippen MR) is 73.7 cm³/mol. The number of carbonyl (C=O) groups is 1. The molecule has 0 aromatic carbocycles. The van der Waals surface area contributed by atoms with Crippen molar-refractivity contribution in [3.8, 4) is 0 Å². The average Bonchev–Trinajstić information content (AvgIpc) is 2.94. The zero-order valence-electron chi connectivity index (χ0n) is 11.8. The minimum Gasteiger partial charge on any atom is -0.347 e. The van der Waals surface area contributed by atoms with Gasteiger partial charge in [0.05, 0.1) is 6.04 Å². The first-order chi connectivity index (χ1) is 9.00. The number of nitrogens with one attached hydrogen (secondary N) is 1. The fourth-order valence-electron chi connectivity index (χ4n) is 2.12. The fraction of sp³-hybridized carbons (Fsp3) is 0.429. The van der Waals surface area contributed by atoms with E-state index in [-0.39, 0.29) is 17.9 Å². The van der Waals surface area contributed by atoms with Gasteiger partial charge in [-0.2, -0.15) is 0 Å². The van der Waals surface area contributed by atoms with Gasteiger partial charge in [0, 0.05) is 32.7 Å². The van der Waals surface area contributed by atoms with Crippen molar-refractivity contribution in [2.24, 2.45) is 20.0 Å². The first-order valence-corrected chi connectivity index (χ1v) is 6.40. The average molecular weight is 260 g/mol. The molecule has 0 bridgehead atoms. The number of carbonyl (C=O) groups excluding carboxylic acids is 1. The highest BCUT2D eigenvalue weighted by Gasteiger charge is 2.23. The number of amides is 1. The Morgan fingerprint density at radius 3 is 2.47 bits per heavy atom. The molecular weight excluding hydrogens is 240 g/mol. The lowest BCUT2D eigenvalue weighted by molar-refractivity contribution is 0.0914. The summed E-state index contributed by atoms with van der Waals surface area (Å²) in [7, 11) is 3.80. The van der Waals surface area contributed by atoms with Crippen molar-refractivity contribution in [3.05, 3.63) is 42.2 Å². The van der Waals surface area contributed by atoms with Crippen molar-refractivity contribution in [3.63, 3.8) is 0 Å². The molecule has 2 heterocycles. The lowest BCUT2D eigenvalue weighted by Crippen LogP contribution is -2.34. The molecule has 1 N–H and O–H groups in total. The normalized spacial score (nSPS) is 12.7. The van der Waals surface area contributed by atoms with Crippen LogP contribution in [0.3, 0.4) is 0 Å². The van der Waals surface area contributed by atoms with E-state index in [1.54, 1.807) is 6.20 Å². The summed E-state index contributed by atoms with van der Waals surface area (Å²) in [5.74, 6) is 1.07. The molecule has 0 aliphatic heterocycles. The molecule has 5 heteroatoms. The van der Waals surface area contributed by atoms with E-state index in [2.05, 4.69) is 24.1 Å². The van der Waals surface area contributed by atoms with Crippen LogP contribution in [-0.4, -0.2) is 20.0 Å². The lowest BCUT2D eigenvalue weighted by Gasteiger charge is -2.22. The van der Waals surface area contributed by atoms with Gasteiger partial charge >= 0.3 is 0 Å². The Hall–Kier alpha value is -2.04. The van der Waals surface area contributed by atoms with Crippen LogP contribution in [0.25, 0.3) is 0 Å². The Morgan fingerprint density at radius 1 is 1.26 bits per heavy atom. The standard InChI is InChI=1S/C14H20N4O/c1-10(2)12(13-15-7-9-18(13)4)16-14(19)11-6-5-8-17(11)3/h5-10,12H,1-4H3,(H,16,19)/t12-/m1/s1. The number of hydrogen-bond donors (Lipinski definition) is 1. The molecule has 1 atom stereocenters. The summed E-state index contributed by atoms with van der Waals surface area (Å²) >= 11 is 0. The number of nitrogens with zero attached hydrogens (tertiary/aromatic N) is 3. The first kappa shape index (κ1) is 13.4. The molecule has 0 fully saturated rings. The number of imidazole rings is 1. The van der Waals surface area contributed by atoms with Gasteiger partial charge in [0.25, 0.3) is 5.91 Å². The summed E-state index contributed by atoms with van der Waals surface area (Å²) in [5.41, 5.74) is 0.653. The number of aryl methyl sites for hydroxylation is 2. The molecule has 2 aromatic rings. The molecule has 0 aliphatic carbocycles. The molecular formula is C14H20N4O. The Balaban J connectivity index is 2.21.